The van der Waals surface area contributed by atoms with Crippen LogP contribution < -0.4 is 10.5 Å². The van der Waals surface area contributed by atoms with E-state index in [9.17, 15) is 4.79 Å². The molecule has 106 valence electrons. The Bertz CT molecular complexity index is 415. The zero-order valence-electron chi connectivity index (χ0n) is 12.2. The van der Waals surface area contributed by atoms with Gasteiger partial charge in [0.25, 0.3) is 0 Å². The summed E-state index contributed by atoms with van der Waals surface area (Å²) < 4.78 is 5.15. The van der Waals surface area contributed by atoms with Crippen LogP contribution in [0.5, 0.6) is 5.75 Å². The molecule has 0 fully saturated rings. The summed E-state index contributed by atoms with van der Waals surface area (Å²) >= 11 is 0. The van der Waals surface area contributed by atoms with E-state index in [0.717, 1.165) is 12.8 Å². The number of ketones is 1. The number of ether oxygens (including phenoxy) is 1. The average Bonchev–Trinajstić information content (AvgIpc) is 2.43. The fourth-order valence-electron chi connectivity index (χ4n) is 2.28. The van der Waals surface area contributed by atoms with Crippen LogP contribution in [0.4, 0.5) is 5.69 Å². The molecule has 1 aromatic carbocycles. The first kappa shape index (κ1) is 15.5. The van der Waals surface area contributed by atoms with Gasteiger partial charge in [0.1, 0.15) is 5.75 Å². The SMILES string of the molecule is CCCCC(CC)CC(=O)c1cccc(OC)c1N. The van der Waals surface area contributed by atoms with Crippen LogP contribution in [0.2, 0.25) is 0 Å². The largest absolute Gasteiger partial charge is 0.495 e. The van der Waals surface area contributed by atoms with Gasteiger partial charge in [-0.25, -0.2) is 0 Å². The smallest absolute Gasteiger partial charge is 0.165 e. The molecule has 0 radical (unpaired) electrons. The second-order valence-electron chi connectivity index (χ2n) is 4.97. The van der Waals surface area contributed by atoms with Crippen LogP contribution in [-0.4, -0.2) is 12.9 Å². The summed E-state index contributed by atoms with van der Waals surface area (Å²) in [6.45, 7) is 4.32. The maximum atomic E-state index is 12.3. The number of anilines is 1. The van der Waals surface area contributed by atoms with Gasteiger partial charge in [-0.1, -0.05) is 45.6 Å². The van der Waals surface area contributed by atoms with Crippen molar-refractivity contribution in [1.82, 2.24) is 0 Å². The molecule has 1 atom stereocenters. The number of Topliss-reactive ketones (excluding diaryl/α,β-unsaturated/α-hetero) is 1. The number of hydrogen-bond donors (Lipinski definition) is 1. The maximum absolute atomic E-state index is 12.3. The van der Waals surface area contributed by atoms with E-state index in [0.29, 0.717) is 29.3 Å². The van der Waals surface area contributed by atoms with Gasteiger partial charge in [-0.05, 0) is 18.1 Å². The number of unbranched alkanes of at least 4 members (excludes halogenated alkanes) is 1. The molecule has 0 aliphatic heterocycles. The van der Waals surface area contributed by atoms with Crippen molar-refractivity contribution in [3.05, 3.63) is 23.8 Å². The number of nitrogens with two attached hydrogens (primary N) is 1. The highest BCUT2D eigenvalue weighted by molar-refractivity contribution is 6.02. The van der Waals surface area contributed by atoms with Crippen LogP contribution in [0.1, 0.15) is 56.3 Å². The van der Waals surface area contributed by atoms with E-state index in [1.165, 1.54) is 12.8 Å². The lowest BCUT2D eigenvalue weighted by Crippen LogP contribution is -2.11. The maximum Gasteiger partial charge on any atom is 0.165 e. The molecule has 0 aliphatic rings. The van der Waals surface area contributed by atoms with Crippen LogP contribution in [0.25, 0.3) is 0 Å². The first-order valence-electron chi connectivity index (χ1n) is 7.09. The number of rotatable bonds is 8. The highest BCUT2D eigenvalue weighted by atomic mass is 16.5. The highest BCUT2D eigenvalue weighted by Crippen LogP contribution is 2.28. The zero-order valence-corrected chi connectivity index (χ0v) is 12.2. The normalized spacial score (nSPS) is 12.2. The van der Waals surface area contributed by atoms with E-state index in [-0.39, 0.29) is 5.78 Å². The highest BCUT2D eigenvalue weighted by Gasteiger charge is 2.17. The number of nitrogen functional groups attached to an aromatic ring is 1. The van der Waals surface area contributed by atoms with Gasteiger partial charge in [-0.15, -0.1) is 0 Å². The number of carbonyl (C=O) groups is 1. The van der Waals surface area contributed by atoms with E-state index >= 15 is 0 Å². The molecule has 0 aliphatic carbocycles. The molecular weight excluding hydrogens is 238 g/mol. The molecule has 0 aromatic heterocycles. The van der Waals surface area contributed by atoms with Crippen molar-refractivity contribution in [3.8, 4) is 5.75 Å². The molecule has 19 heavy (non-hydrogen) atoms. The van der Waals surface area contributed by atoms with Crippen molar-refractivity contribution in [1.29, 1.82) is 0 Å². The van der Waals surface area contributed by atoms with Gasteiger partial charge in [0, 0.05) is 12.0 Å². The summed E-state index contributed by atoms with van der Waals surface area (Å²) in [5.74, 6) is 1.16. The Kier molecular flexibility index (Phi) is 6.40. The van der Waals surface area contributed by atoms with Crippen molar-refractivity contribution in [2.24, 2.45) is 5.92 Å². The summed E-state index contributed by atoms with van der Waals surface area (Å²) in [5.41, 5.74) is 7.02. The third kappa shape index (κ3) is 4.27. The number of carbonyl (C=O) groups excluding carboxylic acids is 1. The summed E-state index contributed by atoms with van der Waals surface area (Å²) in [7, 11) is 1.57. The van der Waals surface area contributed by atoms with Crippen LogP contribution in [0.15, 0.2) is 18.2 Å². The molecule has 0 saturated heterocycles. The monoisotopic (exact) mass is 263 g/mol. The third-order valence-corrected chi connectivity index (χ3v) is 3.60. The Balaban J connectivity index is 2.77. The number of para-hydroxylation sites is 1. The minimum absolute atomic E-state index is 0.124. The first-order chi connectivity index (χ1) is 9.13. The third-order valence-electron chi connectivity index (χ3n) is 3.60. The molecular formula is C16H25NO2. The fourth-order valence-corrected chi connectivity index (χ4v) is 2.28. The minimum atomic E-state index is 0.124. The lowest BCUT2D eigenvalue weighted by Gasteiger charge is -2.15. The molecule has 0 amide bonds. The van der Waals surface area contributed by atoms with Crippen LogP contribution >= 0.6 is 0 Å². The van der Waals surface area contributed by atoms with Gasteiger partial charge in [0.05, 0.1) is 12.8 Å². The van der Waals surface area contributed by atoms with Crippen LogP contribution in [0, 0.1) is 5.92 Å². The first-order valence-corrected chi connectivity index (χ1v) is 7.09. The van der Waals surface area contributed by atoms with Crippen molar-refractivity contribution in [2.45, 2.75) is 46.0 Å². The summed E-state index contributed by atoms with van der Waals surface area (Å²) in [5, 5.41) is 0. The van der Waals surface area contributed by atoms with Gasteiger partial charge in [0.15, 0.2) is 5.78 Å². The zero-order chi connectivity index (χ0) is 14.3. The molecule has 3 heteroatoms. The van der Waals surface area contributed by atoms with E-state index < -0.39 is 0 Å². The predicted molar refractivity (Wildman–Crippen MR) is 79.7 cm³/mol. The number of hydrogen-bond acceptors (Lipinski definition) is 3. The minimum Gasteiger partial charge on any atom is -0.495 e. The second-order valence-corrected chi connectivity index (χ2v) is 4.97. The molecule has 1 rings (SSSR count). The van der Waals surface area contributed by atoms with Crippen molar-refractivity contribution in [2.75, 3.05) is 12.8 Å². The molecule has 0 saturated carbocycles. The van der Waals surface area contributed by atoms with Gasteiger partial charge in [-0.3, -0.25) is 4.79 Å². The van der Waals surface area contributed by atoms with Crippen LogP contribution in [-0.2, 0) is 0 Å². The number of benzene rings is 1. The molecule has 0 bridgehead atoms. The Morgan fingerprint density at radius 3 is 2.68 bits per heavy atom. The van der Waals surface area contributed by atoms with Gasteiger partial charge < -0.3 is 10.5 Å². The standard InChI is InChI=1S/C16H25NO2/c1-4-6-8-12(5-2)11-14(18)13-9-7-10-15(19-3)16(13)17/h7,9-10,12H,4-6,8,11,17H2,1-3H3. The Hall–Kier alpha value is -1.51. The molecule has 0 spiro atoms. The fraction of sp³-hybridized carbons (Fsp3) is 0.562. The molecule has 1 aromatic rings. The summed E-state index contributed by atoms with van der Waals surface area (Å²) in [4.78, 5) is 12.3. The molecule has 0 heterocycles. The van der Waals surface area contributed by atoms with Crippen molar-refractivity contribution >= 4 is 11.5 Å². The molecule has 3 nitrogen and oxygen atoms in total. The molecule has 2 N–H and O–H groups in total. The van der Waals surface area contributed by atoms with Crippen molar-refractivity contribution < 1.29 is 9.53 Å². The van der Waals surface area contributed by atoms with Gasteiger partial charge >= 0.3 is 0 Å². The summed E-state index contributed by atoms with van der Waals surface area (Å²) in [6, 6.07) is 5.38. The van der Waals surface area contributed by atoms with E-state index in [2.05, 4.69) is 13.8 Å². The molecule has 1 unspecified atom stereocenters. The Labute approximate surface area is 116 Å². The lowest BCUT2D eigenvalue weighted by molar-refractivity contribution is 0.0957. The van der Waals surface area contributed by atoms with Crippen molar-refractivity contribution in [3.63, 3.8) is 0 Å². The second kappa shape index (κ2) is 7.82. The van der Waals surface area contributed by atoms with E-state index in [1.807, 2.05) is 6.07 Å². The number of methoxy groups -OCH3 is 1. The van der Waals surface area contributed by atoms with Crippen LogP contribution in [0.3, 0.4) is 0 Å². The van der Waals surface area contributed by atoms with Gasteiger partial charge in [0.2, 0.25) is 0 Å². The topological polar surface area (TPSA) is 52.3 Å². The average molecular weight is 263 g/mol. The Morgan fingerprint density at radius 2 is 2.11 bits per heavy atom. The lowest BCUT2D eigenvalue weighted by atomic mass is 9.91. The quantitative estimate of drug-likeness (QED) is 0.568. The summed E-state index contributed by atoms with van der Waals surface area (Å²) in [6.07, 6.45) is 5.08. The Morgan fingerprint density at radius 1 is 1.37 bits per heavy atom. The van der Waals surface area contributed by atoms with E-state index in [1.54, 1.807) is 19.2 Å². The van der Waals surface area contributed by atoms with E-state index in [4.69, 9.17) is 10.5 Å². The van der Waals surface area contributed by atoms with Gasteiger partial charge in [-0.2, -0.15) is 0 Å². The predicted octanol–water partition coefficient (Wildman–Crippen LogP) is 4.07.